The Kier molecular flexibility index (Phi) is 3.64. The summed E-state index contributed by atoms with van der Waals surface area (Å²) in [5.41, 5.74) is 1.72. The average molecular weight is 196 g/mol. The van der Waals surface area contributed by atoms with Gasteiger partial charge in [0.1, 0.15) is 0 Å². The highest BCUT2D eigenvalue weighted by atomic mass is 16.1. The van der Waals surface area contributed by atoms with Crippen LogP contribution in [0.4, 0.5) is 5.69 Å². The summed E-state index contributed by atoms with van der Waals surface area (Å²) in [5.74, 6) is -0.0461. The average Bonchev–Trinajstić information content (AvgIpc) is 2.46. The van der Waals surface area contributed by atoms with E-state index >= 15 is 0 Å². The number of carbonyl (C=O) groups is 1. The lowest BCUT2D eigenvalue weighted by Crippen LogP contribution is -2.25. The van der Waals surface area contributed by atoms with Gasteiger partial charge in [-0.15, -0.1) is 0 Å². The highest BCUT2D eigenvalue weighted by Crippen LogP contribution is 2.12. The van der Waals surface area contributed by atoms with Gasteiger partial charge in [0.15, 0.2) is 0 Å². The van der Waals surface area contributed by atoms with Gasteiger partial charge in [0.05, 0.1) is 17.9 Å². The normalized spacial score (nSPS) is 10.2. The van der Waals surface area contributed by atoms with Crippen molar-refractivity contribution < 1.29 is 4.79 Å². The summed E-state index contributed by atoms with van der Waals surface area (Å²) in [6, 6.07) is 0. The van der Waals surface area contributed by atoms with Crippen LogP contribution in [-0.2, 0) is 18.3 Å². The Balaban J connectivity index is 2.70. The molecule has 1 aromatic rings. The molecule has 0 saturated heterocycles. The predicted octanol–water partition coefficient (Wildman–Crippen LogP) is 0.140. The molecule has 0 fully saturated rings. The lowest BCUT2D eigenvalue weighted by Gasteiger charge is -2.02. The second-order valence-electron chi connectivity index (χ2n) is 3.10. The van der Waals surface area contributed by atoms with Gasteiger partial charge in [0, 0.05) is 13.2 Å². The van der Waals surface area contributed by atoms with Crippen LogP contribution in [0.2, 0.25) is 0 Å². The van der Waals surface area contributed by atoms with Crippen molar-refractivity contribution in [3.8, 4) is 0 Å². The summed E-state index contributed by atoms with van der Waals surface area (Å²) in [7, 11) is 3.58. The van der Waals surface area contributed by atoms with E-state index in [1.807, 2.05) is 20.2 Å². The van der Waals surface area contributed by atoms with Crippen molar-refractivity contribution in [3.05, 3.63) is 11.9 Å². The second kappa shape index (κ2) is 4.76. The van der Waals surface area contributed by atoms with Gasteiger partial charge >= 0.3 is 0 Å². The SMILES string of the molecule is CCc1nn(C)cc1NC(=O)CNC. The van der Waals surface area contributed by atoms with Crippen molar-refractivity contribution in [3.63, 3.8) is 0 Å². The minimum absolute atomic E-state index is 0.0461. The smallest absolute Gasteiger partial charge is 0.238 e. The van der Waals surface area contributed by atoms with Crippen LogP contribution in [0.5, 0.6) is 0 Å². The largest absolute Gasteiger partial charge is 0.322 e. The minimum atomic E-state index is -0.0461. The number of amides is 1. The molecule has 78 valence electrons. The topological polar surface area (TPSA) is 59.0 Å². The van der Waals surface area contributed by atoms with Gasteiger partial charge in [-0.1, -0.05) is 6.92 Å². The molecule has 1 amide bonds. The molecule has 1 rings (SSSR count). The Labute approximate surface area is 83.5 Å². The van der Waals surface area contributed by atoms with Crippen molar-refractivity contribution in [2.24, 2.45) is 7.05 Å². The van der Waals surface area contributed by atoms with Crippen LogP contribution >= 0.6 is 0 Å². The zero-order chi connectivity index (χ0) is 10.6. The van der Waals surface area contributed by atoms with E-state index in [0.717, 1.165) is 17.8 Å². The van der Waals surface area contributed by atoms with E-state index in [1.165, 1.54) is 0 Å². The molecule has 0 aliphatic rings. The number of nitrogens with one attached hydrogen (secondary N) is 2. The monoisotopic (exact) mass is 196 g/mol. The van der Waals surface area contributed by atoms with Gasteiger partial charge in [-0.3, -0.25) is 9.48 Å². The summed E-state index contributed by atoms with van der Waals surface area (Å²) in [6.07, 6.45) is 2.63. The molecule has 5 heteroatoms. The number of rotatable bonds is 4. The molecule has 2 N–H and O–H groups in total. The van der Waals surface area contributed by atoms with Crippen LogP contribution in [0.25, 0.3) is 0 Å². The molecule has 14 heavy (non-hydrogen) atoms. The van der Waals surface area contributed by atoms with Crippen LogP contribution in [0.1, 0.15) is 12.6 Å². The summed E-state index contributed by atoms with van der Waals surface area (Å²) < 4.78 is 1.70. The number of aromatic nitrogens is 2. The predicted molar refractivity (Wildman–Crippen MR) is 55.1 cm³/mol. The molecule has 0 unspecified atom stereocenters. The first-order valence-electron chi connectivity index (χ1n) is 4.64. The summed E-state index contributed by atoms with van der Waals surface area (Å²) in [6.45, 7) is 2.33. The molecule has 0 atom stereocenters. The van der Waals surface area contributed by atoms with Gasteiger partial charge in [0.25, 0.3) is 0 Å². The van der Waals surface area contributed by atoms with E-state index in [2.05, 4.69) is 15.7 Å². The van der Waals surface area contributed by atoms with E-state index in [-0.39, 0.29) is 5.91 Å². The standard InChI is InChI=1S/C9H16N4O/c1-4-7-8(6-13(3)12-7)11-9(14)5-10-2/h6,10H,4-5H2,1-3H3,(H,11,14). The molecular weight excluding hydrogens is 180 g/mol. The fourth-order valence-electron chi connectivity index (χ4n) is 1.26. The number of carbonyl (C=O) groups excluding carboxylic acids is 1. The van der Waals surface area contributed by atoms with Gasteiger partial charge in [-0.2, -0.15) is 5.10 Å². The van der Waals surface area contributed by atoms with Crippen molar-refractivity contribution in [1.82, 2.24) is 15.1 Å². The fraction of sp³-hybridized carbons (Fsp3) is 0.556. The lowest BCUT2D eigenvalue weighted by molar-refractivity contribution is -0.115. The van der Waals surface area contributed by atoms with E-state index in [1.54, 1.807) is 11.7 Å². The molecule has 1 aromatic heterocycles. The third-order valence-electron chi connectivity index (χ3n) is 1.85. The summed E-state index contributed by atoms with van der Waals surface area (Å²) in [5, 5.41) is 9.82. The highest BCUT2D eigenvalue weighted by Gasteiger charge is 2.08. The van der Waals surface area contributed by atoms with E-state index in [0.29, 0.717) is 6.54 Å². The molecule has 0 bridgehead atoms. The van der Waals surface area contributed by atoms with Crippen LogP contribution in [0, 0.1) is 0 Å². The van der Waals surface area contributed by atoms with Crippen LogP contribution < -0.4 is 10.6 Å². The molecule has 5 nitrogen and oxygen atoms in total. The van der Waals surface area contributed by atoms with Gasteiger partial charge in [-0.25, -0.2) is 0 Å². The molecular formula is C9H16N4O. The Morgan fingerprint density at radius 1 is 1.64 bits per heavy atom. The fourth-order valence-corrected chi connectivity index (χ4v) is 1.26. The maximum atomic E-state index is 11.3. The van der Waals surface area contributed by atoms with E-state index in [4.69, 9.17) is 0 Å². The van der Waals surface area contributed by atoms with Gasteiger partial charge in [0.2, 0.25) is 5.91 Å². The maximum Gasteiger partial charge on any atom is 0.238 e. The molecule has 0 aliphatic carbocycles. The molecule has 0 radical (unpaired) electrons. The van der Waals surface area contributed by atoms with Crippen molar-refractivity contribution >= 4 is 11.6 Å². The Hall–Kier alpha value is -1.36. The first kappa shape index (κ1) is 10.7. The Morgan fingerprint density at radius 3 is 2.93 bits per heavy atom. The zero-order valence-electron chi connectivity index (χ0n) is 8.79. The van der Waals surface area contributed by atoms with Crippen LogP contribution in [-0.4, -0.2) is 29.3 Å². The number of hydrogen-bond donors (Lipinski definition) is 2. The number of nitrogens with zero attached hydrogens (tertiary/aromatic N) is 2. The molecule has 0 aliphatic heterocycles. The quantitative estimate of drug-likeness (QED) is 0.720. The molecule has 0 spiro atoms. The van der Waals surface area contributed by atoms with Gasteiger partial charge < -0.3 is 10.6 Å². The van der Waals surface area contributed by atoms with Crippen molar-refractivity contribution in [1.29, 1.82) is 0 Å². The minimum Gasteiger partial charge on any atom is -0.322 e. The molecule has 0 aromatic carbocycles. The number of anilines is 1. The van der Waals surface area contributed by atoms with Crippen molar-refractivity contribution in [2.45, 2.75) is 13.3 Å². The van der Waals surface area contributed by atoms with Crippen LogP contribution in [0.3, 0.4) is 0 Å². The van der Waals surface area contributed by atoms with E-state index < -0.39 is 0 Å². The number of likely N-dealkylation sites (N-methyl/N-ethyl adjacent to an activating group) is 1. The second-order valence-corrected chi connectivity index (χ2v) is 3.10. The maximum absolute atomic E-state index is 11.3. The Bertz CT molecular complexity index is 319. The third kappa shape index (κ3) is 2.56. The number of hydrogen-bond acceptors (Lipinski definition) is 3. The number of aryl methyl sites for hydroxylation is 2. The van der Waals surface area contributed by atoms with Crippen molar-refractivity contribution in [2.75, 3.05) is 18.9 Å². The summed E-state index contributed by atoms with van der Waals surface area (Å²) in [4.78, 5) is 11.3. The van der Waals surface area contributed by atoms with Gasteiger partial charge in [-0.05, 0) is 13.5 Å². The molecule has 0 saturated carbocycles. The first-order chi connectivity index (χ1) is 6.67. The lowest BCUT2D eigenvalue weighted by atomic mass is 10.3. The summed E-state index contributed by atoms with van der Waals surface area (Å²) >= 11 is 0. The van der Waals surface area contributed by atoms with Crippen LogP contribution in [0.15, 0.2) is 6.20 Å². The third-order valence-corrected chi connectivity index (χ3v) is 1.85. The zero-order valence-corrected chi connectivity index (χ0v) is 8.79. The van der Waals surface area contributed by atoms with E-state index in [9.17, 15) is 4.79 Å². The Morgan fingerprint density at radius 2 is 2.36 bits per heavy atom. The highest BCUT2D eigenvalue weighted by molar-refractivity contribution is 5.92. The molecule has 1 heterocycles. The first-order valence-corrected chi connectivity index (χ1v) is 4.64.